The molecule has 5 rings (SSSR count). The van der Waals surface area contributed by atoms with Crippen LogP contribution >= 0.6 is 0 Å². The number of rotatable bonds is 3. The predicted octanol–water partition coefficient (Wildman–Crippen LogP) is 1.96. The van der Waals surface area contributed by atoms with Crippen molar-refractivity contribution in [1.29, 1.82) is 0 Å². The zero-order valence-corrected chi connectivity index (χ0v) is 19.7. The van der Waals surface area contributed by atoms with Gasteiger partial charge in [0.15, 0.2) is 0 Å². The molecule has 0 bridgehead atoms. The van der Waals surface area contributed by atoms with Crippen LogP contribution in [0.15, 0.2) is 51.1 Å². The molecule has 1 fully saturated rings. The third-order valence-electron chi connectivity index (χ3n) is 5.93. The van der Waals surface area contributed by atoms with Crippen LogP contribution in [0.25, 0.3) is 0 Å². The quantitative estimate of drug-likeness (QED) is 0.565. The summed E-state index contributed by atoms with van der Waals surface area (Å²) in [5.41, 5.74) is -0.496. The third-order valence-corrected chi connectivity index (χ3v) is 5.93. The van der Waals surface area contributed by atoms with Gasteiger partial charge in [0.25, 0.3) is 11.1 Å². The topological polar surface area (TPSA) is 122 Å². The Morgan fingerprint density at radius 3 is 2.47 bits per heavy atom. The van der Waals surface area contributed by atoms with E-state index in [0.717, 1.165) is 4.90 Å². The fourth-order valence-electron chi connectivity index (χ4n) is 4.35. The number of anilines is 2. The lowest BCUT2D eigenvalue weighted by molar-refractivity contribution is -0.153. The van der Waals surface area contributed by atoms with Gasteiger partial charge < -0.3 is 23.9 Å². The summed E-state index contributed by atoms with van der Waals surface area (Å²) in [6.45, 7) is 4.48. The van der Waals surface area contributed by atoms with Crippen molar-refractivity contribution in [2.45, 2.75) is 57.7 Å². The van der Waals surface area contributed by atoms with Gasteiger partial charge in [-0.3, -0.25) is 14.2 Å². The largest absolute Gasteiger partial charge is 0.447 e. The van der Waals surface area contributed by atoms with Gasteiger partial charge in [-0.05, 0) is 20.3 Å². The normalized spacial score (nSPS) is 22.0. The fraction of sp³-hybridized carbons (Fsp3) is 0.500. The fourth-order valence-corrected chi connectivity index (χ4v) is 4.35. The van der Waals surface area contributed by atoms with Crippen LogP contribution < -0.4 is 20.9 Å². The lowest BCUT2D eigenvalue weighted by atomic mass is 10.1. The second-order valence-electron chi connectivity index (χ2n) is 8.55. The molecule has 5 heterocycles. The van der Waals surface area contributed by atoms with E-state index in [1.807, 2.05) is 18.7 Å². The number of oxazole rings is 1. The molecule has 2 aliphatic rings. The standard InChI is InChI=1S/C18H22F3N5O3.C4H4N2O/c1-11-9-28-10-12(2)26(11)14-7-16(27)24-5-3-13(18(19,20)21)25(17(24)23-14)8-15-22-4-6-29-15;7-4-1-2-5-3-6-4/h4,6-7,11-13H,3,5,8-10H2,1-2H3;1-3H,(H,5,6,7)/t11-,12-,13+;/m1./s1. The van der Waals surface area contributed by atoms with Crippen molar-refractivity contribution in [2.75, 3.05) is 23.0 Å². The summed E-state index contributed by atoms with van der Waals surface area (Å²) < 4.78 is 53.2. The van der Waals surface area contributed by atoms with Crippen molar-refractivity contribution in [2.24, 2.45) is 0 Å². The van der Waals surface area contributed by atoms with Gasteiger partial charge in [-0.25, -0.2) is 9.97 Å². The first-order chi connectivity index (χ1) is 17.1. The number of ether oxygens (including phenoxy) is 1. The van der Waals surface area contributed by atoms with E-state index < -0.39 is 12.2 Å². The Hall–Kier alpha value is -3.68. The number of nitrogens with one attached hydrogen (secondary N) is 1. The summed E-state index contributed by atoms with van der Waals surface area (Å²) in [4.78, 5) is 40.3. The molecule has 0 radical (unpaired) electrons. The van der Waals surface area contributed by atoms with Gasteiger partial charge >= 0.3 is 6.18 Å². The van der Waals surface area contributed by atoms with Crippen LogP contribution in [0.5, 0.6) is 0 Å². The summed E-state index contributed by atoms with van der Waals surface area (Å²) in [5.74, 6) is 0.454. The summed E-state index contributed by atoms with van der Waals surface area (Å²) in [5, 5.41) is 0. The first kappa shape index (κ1) is 25.4. The van der Waals surface area contributed by atoms with Gasteiger partial charge in [0.2, 0.25) is 11.8 Å². The highest BCUT2D eigenvalue weighted by Gasteiger charge is 2.47. The summed E-state index contributed by atoms with van der Waals surface area (Å²) in [7, 11) is 0. The molecule has 0 aromatic carbocycles. The molecular formula is C22H26F3N7O4. The number of fused-ring (bicyclic) bond motifs is 1. The molecule has 3 aromatic rings. The molecule has 0 spiro atoms. The van der Waals surface area contributed by atoms with Crippen LogP contribution in [0.3, 0.4) is 0 Å². The van der Waals surface area contributed by atoms with Crippen molar-refractivity contribution < 1.29 is 22.3 Å². The SMILES string of the molecule is C[C@@H]1COC[C@@H](C)N1c1cc(=O)n2c(n1)N(Cc1ncco1)[C@H](C(F)(F)F)CC2.O=c1ccnc[nH]1. The second kappa shape index (κ2) is 10.5. The number of nitrogens with zero attached hydrogens (tertiary/aromatic N) is 6. The second-order valence-corrected chi connectivity index (χ2v) is 8.55. The molecule has 3 aromatic heterocycles. The van der Waals surface area contributed by atoms with Gasteiger partial charge in [-0.2, -0.15) is 18.2 Å². The molecule has 14 heteroatoms. The zero-order valence-electron chi connectivity index (χ0n) is 19.7. The maximum atomic E-state index is 13.8. The number of aromatic amines is 1. The Morgan fingerprint density at radius 2 is 1.92 bits per heavy atom. The summed E-state index contributed by atoms with van der Waals surface area (Å²) >= 11 is 0. The Kier molecular flexibility index (Phi) is 7.43. The Morgan fingerprint density at radius 1 is 1.17 bits per heavy atom. The van der Waals surface area contributed by atoms with Gasteiger partial charge in [-0.1, -0.05) is 0 Å². The smallest absolute Gasteiger partial charge is 0.408 e. The lowest BCUT2D eigenvalue weighted by Crippen LogP contribution is -2.53. The van der Waals surface area contributed by atoms with E-state index in [4.69, 9.17) is 9.15 Å². The minimum Gasteiger partial charge on any atom is -0.447 e. The Bertz CT molecular complexity index is 1230. The van der Waals surface area contributed by atoms with Crippen molar-refractivity contribution in [3.8, 4) is 0 Å². The van der Waals surface area contributed by atoms with Crippen LogP contribution in [-0.4, -0.2) is 62.0 Å². The molecule has 194 valence electrons. The molecule has 2 aliphatic heterocycles. The number of halogens is 3. The van der Waals surface area contributed by atoms with E-state index in [-0.39, 0.29) is 54.6 Å². The lowest BCUT2D eigenvalue weighted by Gasteiger charge is -2.42. The molecule has 11 nitrogen and oxygen atoms in total. The Balaban J connectivity index is 0.000000375. The van der Waals surface area contributed by atoms with Crippen molar-refractivity contribution in [3.05, 3.63) is 63.7 Å². The molecule has 0 amide bonds. The number of H-pyrrole nitrogens is 1. The van der Waals surface area contributed by atoms with Crippen molar-refractivity contribution in [3.63, 3.8) is 0 Å². The average molecular weight is 509 g/mol. The molecule has 0 aliphatic carbocycles. The summed E-state index contributed by atoms with van der Waals surface area (Å²) in [6.07, 6.45) is 0.737. The predicted molar refractivity (Wildman–Crippen MR) is 123 cm³/mol. The van der Waals surface area contributed by atoms with E-state index in [1.165, 1.54) is 41.7 Å². The van der Waals surface area contributed by atoms with Gasteiger partial charge in [0.1, 0.15) is 18.1 Å². The van der Waals surface area contributed by atoms with E-state index in [0.29, 0.717) is 19.0 Å². The van der Waals surface area contributed by atoms with E-state index in [1.54, 1.807) is 0 Å². The number of hydrogen-bond acceptors (Lipinski definition) is 9. The highest BCUT2D eigenvalue weighted by atomic mass is 19.4. The van der Waals surface area contributed by atoms with Crippen LogP contribution in [-0.2, 0) is 17.8 Å². The van der Waals surface area contributed by atoms with E-state index >= 15 is 0 Å². The molecule has 0 saturated carbocycles. The van der Waals surface area contributed by atoms with Crippen molar-refractivity contribution in [1.82, 2.24) is 24.5 Å². The van der Waals surface area contributed by atoms with Crippen molar-refractivity contribution >= 4 is 11.8 Å². The van der Waals surface area contributed by atoms with Gasteiger partial charge in [-0.15, -0.1) is 0 Å². The molecule has 0 unspecified atom stereocenters. The minimum atomic E-state index is -4.48. The summed E-state index contributed by atoms with van der Waals surface area (Å²) in [6, 6.07) is 0.849. The van der Waals surface area contributed by atoms with Crippen LogP contribution in [0.1, 0.15) is 26.2 Å². The highest BCUT2D eigenvalue weighted by molar-refractivity contribution is 5.48. The number of morpholine rings is 1. The zero-order chi connectivity index (χ0) is 25.9. The van der Waals surface area contributed by atoms with Crippen LogP contribution in [0, 0.1) is 0 Å². The first-order valence-corrected chi connectivity index (χ1v) is 11.3. The van der Waals surface area contributed by atoms with Gasteiger partial charge in [0.05, 0.1) is 44.4 Å². The monoisotopic (exact) mass is 509 g/mol. The molecule has 3 atom stereocenters. The van der Waals surface area contributed by atoms with Crippen LogP contribution in [0.2, 0.25) is 0 Å². The number of alkyl halides is 3. The third kappa shape index (κ3) is 5.58. The molecular weight excluding hydrogens is 483 g/mol. The maximum absolute atomic E-state index is 13.8. The number of hydrogen-bond donors (Lipinski definition) is 1. The first-order valence-electron chi connectivity index (χ1n) is 11.3. The van der Waals surface area contributed by atoms with Gasteiger partial charge in [0, 0.05) is 24.9 Å². The number of aromatic nitrogens is 5. The highest BCUT2D eigenvalue weighted by Crippen LogP contribution is 2.35. The maximum Gasteiger partial charge on any atom is 0.408 e. The average Bonchev–Trinajstić information content (AvgIpc) is 3.33. The van der Waals surface area contributed by atoms with E-state index in [9.17, 15) is 22.8 Å². The molecule has 36 heavy (non-hydrogen) atoms. The minimum absolute atomic E-state index is 0.0230. The Labute approximate surface area is 203 Å². The van der Waals surface area contributed by atoms with Crippen LogP contribution in [0.4, 0.5) is 24.9 Å². The van der Waals surface area contributed by atoms with E-state index in [2.05, 4.69) is 19.9 Å². The molecule has 1 saturated heterocycles. The molecule has 1 N–H and O–H groups in total.